The molecule has 3 rings (SSSR count). The van der Waals surface area contributed by atoms with Crippen molar-refractivity contribution < 1.29 is 13.2 Å². The number of benzene rings is 2. The molecule has 0 N–H and O–H groups in total. The van der Waals surface area contributed by atoms with Crippen molar-refractivity contribution in [2.75, 3.05) is 0 Å². The summed E-state index contributed by atoms with van der Waals surface area (Å²) in [4.78, 5) is 0. The second-order valence-corrected chi connectivity index (χ2v) is 9.66. The standard InChI is InChI=1S/C17H18F2OSi/c1-3-21(4-2)16-11-14(19)9-10-15(16)17(20-21)12-5-7-13(18)8-6-12/h5-11,17H,3-4H2,1-2H3/t17-/m1/s1. The van der Waals surface area contributed by atoms with Gasteiger partial charge in [0.05, 0.1) is 6.10 Å². The molecule has 1 aliphatic heterocycles. The van der Waals surface area contributed by atoms with E-state index in [1.54, 1.807) is 18.2 Å². The molecule has 0 amide bonds. The second kappa shape index (κ2) is 5.35. The summed E-state index contributed by atoms with van der Waals surface area (Å²) in [5, 5.41) is 1.06. The van der Waals surface area contributed by atoms with Gasteiger partial charge < -0.3 is 4.43 Å². The van der Waals surface area contributed by atoms with Gasteiger partial charge in [-0.2, -0.15) is 0 Å². The highest BCUT2D eigenvalue weighted by molar-refractivity contribution is 6.87. The van der Waals surface area contributed by atoms with Gasteiger partial charge in [0, 0.05) is 0 Å². The van der Waals surface area contributed by atoms with Crippen LogP contribution in [0, 0.1) is 11.6 Å². The van der Waals surface area contributed by atoms with Gasteiger partial charge in [-0.05, 0) is 52.7 Å². The maximum Gasteiger partial charge on any atom is 0.225 e. The molecular formula is C17H18F2OSi. The van der Waals surface area contributed by atoms with Gasteiger partial charge in [-0.25, -0.2) is 8.78 Å². The van der Waals surface area contributed by atoms with Crippen molar-refractivity contribution in [3.63, 3.8) is 0 Å². The molecule has 1 heterocycles. The maximum absolute atomic E-state index is 13.7. The lowest BCUT2D eigenvalue weighted by atomic mass is 10.0. The first-order chi connectivity index (χ1) is 10.1. The fourth-order valence-corrected chi connectivity index (χ4v) is 6.76. The molecule has 1 nitrogen and oxygen atoms in total. The van der Waals surface area contributed by atoms with Crippen molar-refractivity contribution in [1.29, 1.82) is 0 Å². The fourth-order valence-electron chi connectivity index (χ4n) is 3.19. The molecule has 0 radical (unpaired) electrons. The van der Waals surface area contributed by atoms with Crippen LogP contribution in [0.1, 0.15) is 31.1 Å². The lowest BCUT2D eigenvalue weighted by molar-refractivity contribution is 0.253. The van der Waals surface area contributed by atoms with Crippen LogP contribution in [0.4, 0.5) is 8.78 Å². The van der Waals surface area contributed by atoms with E-state index in [1.165, 1.54) is 18.2 Å². The molecule has 21 heavy (non-hydrogen) atoms. The number of hydrogen-bond acceptors (Lipinski definition) is 1. The van der Waals surface area contributed by atoms with E-state index in [0.29, 0.717) is 0 Å². The molecule has 2 aromatic rings. The molecule has 0 aromatic heterocycles. The first-order valence-corrected chi connectivity index (χ1v) is 9.65. The third-order valence-corrected chi connectivity index (χ3v) is 8.83. The van der Waals surface area contributed by atoms with E-state index in [-0.39, 0.29) is 17.7 Å². The Morgan fingerprint density at radius 3 is 2.19 bits per heavy atom. The summed E-state index contributed by atoms with van der Waals surface area (Å²) in [5.74, 6) is -0.471. The first-order valence-electron chi connectivity index (χ1n) is 7.33. The molecule has 0 spiro atoms. The van der Waals surface area contributed by atoms with E-state index in [9.17, 15) is 8.78 Å². The average molecular weight is 304 g/mol. The summed E-state index contributed by atoms with van der Waals surface area (Å²) in [5.41, 5.74) is 1.97. The van der Waals surface area contributed by atoms with Crippen LogP contribution in [0.15, 0.2) is 42.5 Å². The van der Waals surface area contributed by atoms with Gasteiger partial charge in [-0.3, -0.25) is 0 Å². The summed E-state index contributed by atoms with van der Waals surface area (Å²) in [7, 11) is -2.13. The minimum Gasteiger partial charge on any atom is -0.401 e. The lowest BCUT2D eigenvalue weighted by Crippen LogP contribution is -2.45. The number of hydrogen-bond donors (Lipinski definition) is 0. The van der Waals surface area contributed by atoms with Crippen LogP contribution in [0.3, 0.4) is 0 Å². The molecule has 110 valence electrons. The van der Waals surface area contributed by atoms with E-state index in [4.69, 9.17) is 4.43 Å². The smallest absolute Gasteiger partial charge is 0.225 e. The highest BCUT2D eigenvalue weighted by atomic mass is 28.4. The van der Waals surface area contributed by atoms with E-state index in [1.807, 2.05) is 6.07 Å². The van der Waals surface area contributed by atoms with Crippen LogP contribution in [0.5, 0.6) is 0 Å². The van der Waals surface area contributed by atoms with Crippen molar-refractivity contribution in [2.24, 2.45) is 0 Å². The van der Waals surface area contributed by atoms with Crippen LogP contribution in [-0.2, 0) is 4.43 Å². The Morgan fingerprint density at radius 2 is 1.57 bits per heavy atom. The molecule has 0 unspecified atom stereocenters. The minimum atomic E-state index is -2.13. The van der Waals surface area contributed by atoms with E-state index >= 15 is 0 Å². The third kappa shape index (κ3) is 2.32. The maximum atomic E-state index is 13.7. The summed E-state index contributed by atoms with van der Waals surface area (Å²) in [6.07, 6.45) is -0.201. The van der Waals surface area contributed by atoms with Crippen LogP contribution >= 0.6 is 0 Å². The second-order valence-electron chi connectivity index (χ2n) is 5.48. The van der Waals surface area contributed by atoms with Crippen LogP contribution in [0.25, 0.3) is 0 Å². The van der Waals surface area contributed by atoms with Gasteiger partial charge in [-0.15, -0.1) is 0 Å². The molecule has 0 saturated heterocycles. The van der Waals surface area contributed by atoms with E-state index < -0.39 is 8.32 Å². The molecule has 0 bridgehead atoms. The molecule has 2 aromatic carbocycles. The minimum absolute atomic E-state index is 0.201. The van der Waals surface area contributed by atoms with Gasteiger partial charge in [0.2, 0.25) is 8.32 Å². The van der Waals surface area contributed by atoms with Gasteiger partial charge in [0.15, 0.2) is 0 Å². The molecule has 1 aliphatic rings. The topological polar surface area (TPSA) is 9.23 Å². The monoisotopic (exact) mass is 304 g/mol. The SMILES string of the molecule is CC[Si]1(CC)O[C@H](c2ccc(F)cc2)c2ccc(F)cc21. The number of rotatable bonds is 3. The molecule has 4 heteroatoms. The molecule has 1 atom stereocenters. The Balaban J connectivity index is 2.12. The average Bonchev–Trinajstić information content (AvgIpc) is 2.82. The summed E-state index contributed by atoms with van der Waals surface area (Å²) in [6, 6.07) is 13.2. The largest absolute Gasteiger partial charge is 0.401 e. The van der Waals surface area contributed by atoms with Crippen LogP contribution < -0.4 is 5.19 Å². The fraction of sp³-hybridized carbons (Fsp3) is 0.294. The van der Waals surface area contributed by atoms with Crippen LogP contribution in [0.2, 0.25) is 12.1 Å². The summed E-state index contributed by atoms with van der Waals surface area (Å²) < 4.78 is 33.3. The summed E-state index contributed by atoms with van der Waals surface area (Å²) in [6.45, 7) is 4.22. The molecule has 0 fully saturated rings. The van der Waals surface area contributed by atoms with Gasteiger partial charge in [-0.1, -0.05) is 32.0 Å². The highest BCUT2D eigenvalue weighted by Gasteiger charge is 2.45. The number of halogens is 2. The van der Waals surface area contributed by atoms with Crippen LogP contribution in [-0.4, -0.2) is 8.32 Å². The van der Waals surface area contributed by atoms with Crippen molar-refractivity contribution in [3.05, 3.63) is 65.2 Å². The Hall–Kier alpha value is -1.52. The van der Waals surface area contributed by atoms with Gasteiger partial charge >= 0.3 is 0 Å². The zero-order valence-corrected chi connectivity index (χ0v) is 13.2. The van der Waals surface area contributed by atoms with Crippen molar-refractivity contribution in [2.45, 2.75) is 32.0 Å². The van der Waals surface area contributed by atoms with E-state index in [0.717, 1.165) is 28.4 Å². The summed E-state index contributed by atoms with van der Waals surface area (Å²) >= 11 is 0. The Kier molecular flexibility index (Phi) is 3.67. The highest BCUT2D eigenvalue weighted by Crippen LogP contribution is 2.38. The van der Waals surface area contributed by atoms with Crippen molar-refractivity contribution >= 4 is 13.5 Å². The Morgan fingerprint density at radius 1 is 0.952 bits per heavy atom. The normalized spacial score (nSPS) is 19.5. The van der Waals surface area contributed by atoms with Gasteiger partial charge in [0.25, 0.3) is 0 Å². The van der Waals surface area contributed by atoms with Gasteiger partial charge in [0.1, 0.15) is 11.6 Å². The van der Waals surface area contributed by atoms with E-state index in [2.05, 4.69) is 13.8 Å². The van der Waals surface area contributed by atoms with Crippen molar-refractivity contribution in [1.82, 2.24) is 0 Å². The molecule has 0 saturated carbocycles. The van der Waals surface area contributed by atoms with Crippen molar-refractivity contribution in [3.8, 4) is 0 Å². The molecule has 0 aliphatic carbocycles. The molecular weight excluding hydrogens is 286 g/mol. The Bertz CT molecular complexity index is 650. The first kappa shape index (κ1) is 14.4. The number of fused-ring (bicyclic) bond motifs is 1. The predicted octanol–water partition coefficient (Wildman–Crippen LogP) is 4.28. The predicted molar refractivity (Wildman–Crippen MR) is 82.1 cm³/mol. The zero-order chi connectivity index (χ0) is 15.0. The zero-order valence-electron chi connectivity index (χ0n) is 12.2. The third-order valence-electron chi connectivity index (χ3n) is 4.45. The Labute approximate surface area is 124 Å². The quantitative estimate of drug-likeness (QED) is 0.769. The lowest BCUT2D eigenvalue weighted by Gasteiger charge is -2.25.